The number of anilines is 1. The number of carbonyl (C=O) groups excluding carboxylic acids is 1. The maximum absolute atomic E-state index is 12.5. The molecule has 4 aromatic rings. The summed E-state index contributed by atoms with van der Waals surface area (Å²) in [6, 6.07) is 25.8. The lowest BCUT2D eigenvalue weighted by Gasteiger charge is -2.08. The fraction of sp³-hybridized carbons (Fsp3) is 0. The fourth-order valence-corrected chi connectivity index (χ4v) is 3.64. The molecule has 1 heterocycles. The largest absolute Gasteiger partial charge is 0.322 e. The van der Waals surface area contributed by atoms with Crippen LogP contribution in [0.4, 0.5) is 5.69 Å². The van der Waals surface area contributed by atoms with Gasteiger partial charge in [-0.2, -0.15) is 0 Å². The third-order valence-electron chi connectivity index (χ3n) is 4.58. The molecule has 6 heteroatoms. The van der Waals surface area contributed by atoms with E-state index in [1.165, 1.54) is 6.07 Å². The van der Waals surface area contributed by atoms with Crippen molar-refractivity contribution in [2.24, 2.45) is 0 Å². The van der Waals surface area contributed by atoms with E-state index in [1.807, 2.05) is 54.6 Å². The molecule has 0 aliphatic carbocycles. The Morgan fingerprint density at radius 3 is 1.97 bits per heavy atom. The van der Waals surface area contributed by atoms with Crippen molar-refractivity contribution >= 4 is 34.8 Å². The Morgan fingerprint density at radius 2 is 1.33 bits per heavy atom. The molecule has 2 N–H and O–H groups in total. The van der Waals surface area contributed by atoms with Crippen molar-refractivity contribution in [1.82, 2.24) is 4.98 Å². The Bertz CT molecular complexity index is 1250. The van der Waals surface area contributed by atoms with Crippen LogP contribution in [0.1, 0.15) is 10.4 Å². The summed E-state index contributed by atoms with van der Waals surface area (Å²) in [6.07, 6.45) is 0. The van der Waals surface area contributed by atoms with Crippen molar-refractivity contribution in [3.8, 4) is 22.4 Å². The Balaban J connectivity index is 1.55. The Morgan fingerprint density at radius 1 is 0.733 bits per heavy atom. The van der Waals surface area contributed by atoms with Crippen LogP contribution in [0.5, 0.6) is 0 Å². The van der Waals surface area contributed by atoms with Crippen LogP contribution in [0, 0.1) is 0 Å². The Hall–Kier alpha value is -3.34. The maximum Gasteiger partial charge on any atom is 0.261 e. The molecule has 0 saturated carbocycles. The number of hydrogen-bond acceptors (Lipinski definition) is 2. The summed E-state index contributed by atoms with van der Waals surface area (Å²) in [4.78, 5) is 27.8. The molecule has 0 atom stereocenters. The van der Waals surface area contributed by atoms with Gasteiger partial charge in [0.2, 0.25) is 0 Å². The number of hydrogen-bond donors (Lipinski definition) is 2. The zero-order chi connectivity index (χ0) is 21.1. The van der Waals surface area contributed by atoms with Gasteiger partial charge in [0.1, 0.15) is 5.56 Å². The summed E-state index contributed by atoms with van der Waals surface area (Å²) in [7, 11) is 0. The second kappa shape index (κ2) is 8.57. The molecule has 4 rings (SSSR count). The van der Waals surface area contributed by atoms with E-state index in [0.717, 1.165) is 16.7 Å². The molecule has 4 nitrogen and oxygen atoms in total. The highest BCUT2D eigenvalue weighted by molar-refractivity contribution is 6.35. The average molecular weight is 435 g/mol. The molecule has 0 unspecified atom stereocenters. The van der Waals surface area contributed by atoms with E-state index in [0.29, 0.717) is 21.4 Å². The third-order valence-corrected chi connectivity index (χ3v) is 5.01. The standard InChI is InChI=1S/C24H16Cl2N2O2/c25-18-12-19(26)14-20(13-18)27-23(29)21-10-11-22(28-24(21)30)17-8-6-16(7-9-17)15-4-2-1-3-5-15/h1-14H,(H,27,29)(H,28,30). The minimum Gasteiger partial charge on any atom is -0.322 e. The van der Waals surface area contributed by atoms with Crippen LogP contribution in [0.15, 0.2) is 89.7 Å². The minimum atomic E-state index is -0.541. The predicted octanol–water partition coefficient (Wildman–Crippen LogP) is 6.27. The first-order chi connectivity index (χ1) is 14.5. The second-order valence-corrected chi connectivity index (χ2v) is 7.54. The number of pyridine rings is 1. The number of amides is 1. The predicted molar refractivity (Wildman–Crippen MR) is 122 cm³/mol. The second-order valence-electron chi connectivity index (χ2n) is 6.67. The number of carbonyl (C=O) groups is 1. The summed E-state index contributed by atoms with van der Waals surface area (Å²) in [5, 5.41) is 3.42. The highest BCUT2D eigenvalue weighted by Crippen LogP contribution is 2.24. The molecule has 0 fully saturated rings. The van der Waals surface area contributed by atoms with E-state index in [1.54, 1.807) is 24.3 Å². The monoisotopic (exact) mass is 434 g/mol. The molecule has 0 aliphatic heterocycles. The summed E-state index contributed by atoms with van der Waals surface area (Å²) >= 11 is 11.9. The van der Waals surface area contributed by atoms with Gasteiger partial charge in [0.05, 0.1) is 0 Å². The van der Waals surface area contributed by atoms with Crippen LogP contribution in [0.3, 0.4) is 0 Å². The Labute approximate surface area is 183 Å². The number of aromatic amines is 1. The minimum absolute atomic E-state index is 0.00393. The lowest BCUT2D eigenvalue weighted by atomic mass is 10.0. The van der Waals surface area contributed by atoms with Crippen molar-refractivity contribution < 1.29 is 4.79 Å². The van der Waals surface area contributed by atoms with Crippen LogP contribution in [0.2, 0.25) is 10.0 Å². The molecule has 0 spiro atoms. The zero-order valence-electron chi connectivity index (χ0n) is 15.7. The molecule has 0 bridgehead atoms. The molecule has 0 radical (unpaired) electrons. The van der Waals surface area contributed by atoms with E-state index in [4.69, 9.17) is 23.2 Å². The number of benzene rings is 3. The topological polar surface area (TPSA) is 62.0 Å². The normalized spacial score (nSPS) is 10.6. The molecule has 30 heavy (non-hydrogen) atoms. The Kier molecular flexibility index (Phi) is 5.70. The van der Waals surface area contributed by atoms with Gasteiger partial charge < -0.3 is 10.3 Å². The molecular formula is C24H16Cl2N2O2. The summed E-state index contributed by atoms with van der Waals surface area (Å²) < 4.78 is 0. The van der Waals surface area contributed by atoms with Crippen molar-refractivity contribution in [3.63, 3.8) is 0 Å². The molecule has 0 aliphatic rings. The third kappa shape index (κ3) is 4.46. The van der Waals surface area contributed by atoms with Gasteiger partial charge in [-0.05, 0) is 47.0 Å². The summed E-state index contributed by atoms with van der Waals surface area (Å²) in [5.41, 5.74) is 3.60. The van der Waals surface area contributed by atoms with E-state index in [-0.39, 0.29) is 5.56 Å². The fourth-order valence-electron chi connectivity index (χ4n) is 3.12. The van der Waals surface area contributed by atoms with Crippen LogP contribution < -0.4 is 10.9 Å². The van der Waals surface area contributed by atoms with Crippen LogP contribution in [-0.2, 0) is 0 Å². The first-order valence-corrected chi connectivity index (χ1v) is 9.92. The molecule has 1 aromatic heterocycles. The quantitative estimate of drug-likeness (QED) is 0.397. The summed E-state index contributed by atoms with van der Waals surface area (Å²) in [5.74, 6) is -0.541. The SMILES string of the molecule is O=C(Nc1cc(Cl)cc(Cl)c1)c1ccc(-c2ccc(-c3ccccc3)cc2)[nH]c1=O. The van der Waals surface area contributed by atoms with E-state index in [9.17, 15) is 9.59 Å². The van der Waals surface area contributed by atoms with Gasteiger partial charge in [0.15, 0.2) is 0 Å². The molecule has 1 amide bonds. The van der Waals surface area contributed by atoms with Crippen molar-refractivity contribution in [3.05, 3.63) is 111 Å². The van der Waals surface area contributed by atoms with Gasteiger partial charge >= 0.3 is 0 Å². The van der Waals surface area contributed by atoms with Gasteiger partial charge in [-0.1, -0.05) is 77.8 Å². The van der Waals surface area contributed by atoms with Crippen LogP contribution >= 0.6 is 23.2 Å². The van der Waals surface area contributed by atoms with Gasteiger partial charge in [-0.25, -0.2) is 0 Å². The zero-order valence-corrected chi connectivity index (χ0v) is 17.2. The van der Waals surface area contributed by atoms with E-state index in [2.05, 4.69) is 10.3 Å². The number of nitrogens with one attached hydrogen (secondary N) is 2. The number of rotatable bonds is 4. The van der Waals surface area contributed by atoms with Crippen molar-refractivity contribution in [2.45, 2.75) is 0 Å². The first kappa shape index (κ1) is 20.0. The lowest BCUT2D eigenvalue weighted by Crippen LogP contribution is -2.23. The molecule has 3 aromatic carbocycles. The molecule has 0 saturated heterocycles. The highest BCUT2D eigenvalue weighted by Gasteiger charge is 2.13. The summed E-state index contributed by atoms with van der Waals surface area (Å²) in [6.45, 7) is 0. The average Bonchev–Trinajstić information content (AvgIpc) is 2.73. The van der Waals surface area contributed by atoms with E-state index >= 15 is 0 Å². The first-order valence-electron chi connectivity index (χ1n) is 9.16. The van der Waals surface area contributed by atoms with Gasteiger partial charge in [0, 0.05) is 21.4 Å². The van der Waals surface area contributed by atoms with Gasteiger partial charge in [-0.15, -0.1) is 0 Å². The van der Waals surface area contributed by atoms with Gasteiger partial charge in [0.25, 0.3) is 11.5 Å². The highest BCUT2D eigenvalue weighted by atomic mass is 35.5. The number of H-pyrrole nitrogens is 1. The van der Waals surface area contributed by atoms with Crippen LogP contribution in [-0.4, -0.2) is 10.9 Å². The van der Waals surface area contributed by atoms with E-state index < -0.39 is 11.5 Å². The van der Waals surface area contributed by atoms with Crippen LogP contribution in [0.25, 0.3) is 22.4 Å². The number of halogens is 2. The smallest absolute Gasteiger partial charge is 0.261 e. The molecule has 148 valence electrons. The van der Waals surface area contributed by atoms with Crippen molar-refractivity contribution in [2.75, 3.05) is 5.32 Å². The maximum atomic E-state index is 12.5. The van der Waals surface area contributed by atoms with Gasteiger partial charge in [-0.3, -0.25) is 9.59 Å². The molecular weight excluding hydrogens is 419 g/mol. The lowest BCUT2D eigenvalue weighted by molar-refractivity contribution is 0.102. The number of aromatic nitrogens is 1. The van der Waals surface area contributed by atoms with Crippen molar-refractivity contribution in [1.29, 1.82) is 0 Å².